The lowest BCUT2D eigenvalue weighted by Gasteiger charge is -2.21. The van der Waals surface area contributed by atoms with Crippen LogP contribution in [0.15, 0.2) is 5.16 Å². The fraction of sp³-hybridized carbons (Fsp3) is 0.579. The molecule has 0 spiro atoms. The number of methoxy groups -OCH3 is 1. The molecular weight excluding hydrogens is 396 g/mol. The third-order valence-corrected chi connectivity index (χ3v) is 7.17. The number of thiophene rings is 1. The van der Waals surface area contributed by atoms with Gasteiger partial charge in [0.2, 0.25) is 5.91 Å². The highest BCUT2D eigenvalue weighted by atomic mass is 32.2. The Balaban J connectivity index is 1.69. The van der Waals surface area contributed by atoms with Crippen molar-refractivity contribution in [1.29, 1.82) is 0 Å². The van der Waals surface area contributed by atoms with E-state index in [1.54, 1.807) is 11.3 Å². The van der Waals surface area contributed by atoms with Crippen LogP contribution >= 0.6 is 23.1 Å². The summed E-state index contributed by atoms with van der Waals surface area (Å²) in [6, 6.07) is -0.652. The molecule has 2 aromatic heterocycles. The highest BCUT2D eigenvalue weighted by Gasteiger charge is 2.27. The molecule has 9 heteroatoms. The molecule has 7 nitrogen and oxygen atoms in total. The molecule has 3 N–H and O–H groups in total. The molecule has 0 fully saturated rings. The Morgan fingerprint density at radius 1 is 1.32 bits per heavy atom. The van der Waals surface area contributed by atoms with Crippen LogP contribution in [0.5, 0.6) is 0 Å². The van der Waals surface area contributed by atoms with Gasteiger partial charge in [0.05, 0.1) is 18.2 Å². The van der Waals surface area contributed by atoms with Gasteiger partial charge in [-0.05, 0) is 37.2 Å². The second-order valence-corrected chi connectivity index (χ2v) is 9.05. The summed E-state index contributed by atoms with van der Waals surface area (Å²) in [5.74, 6) is -0.103. The molecule has 2 atom stereocenters. The Morgan fingerprint density at radius 3 is 2.79 bits per heavy atom. The summed E-state index contributed by atoms with van der Waals surface area (Å²) in [6.45, 7) is 3.87. The number of rotatable bonds is 7. The molecule has 1 aliphatic rings. The minimum absolute atomic E-state index is 0.0120. The maximum absolute atomic E-state index is 12.4. The van der Waals surface area contributed by atoms with Crippen molar-refractivity contribution in [3.8, 4) is 0 Å². The van der Waals surface area contributed by atoms with E-state index in [4.69, 9.17) is 10.5 Å². The van der Waals surface area contributed by atoms with Gasteiger partial charge in [-0.3, -0.25) is 4.79 Å². The number of nitrogens with two attached hydrogens (primary N) is 1. The molecule has 0 aliphatic heterocycles. The maximum atomic E-state index is 12.4. The van der Waals surface area contributed by atoms with Gasteiger partial charge in [-0.1, -0.05) is 32.0 Å². The number of aryl methyl sites for hydroxylation is 2. The lowest BCUT2D eigenvalue weighted by atomic mass is 9.97. The Kier molecular flexibility index (Phi) is 6.77. The summed E-state index contributed by atoms with van der Waals surface area (Å²) in [4.78, 5) is 35.5. The molecule has 0 bridgehead atoms. The number of nitrogens with one attached hydrogen (secondary N) is 1. The molecule has 2 aromatic rings. The Hall–Kier alpha value is -1.87. The number of amides is 1. The van der Waals surface area contributed by atoms with E-state index in [1.165, 1.54) is 42.2 Å². The summed E-state index contributed by atoms with van der Waals surface area (Å²) in [5, 5.41) is 4.23. The van der Waals surface area contributed by atoms with Gasteiger partial charge in [0.25, 0.3) is 0 Å². The molecule has 0 saturated heterocycles. The van der Waals surface area contributed by atoms with E-state index in [2.05, 4.69) is 15.3 Å². The standard InChI is InChI=1S/C19H26N4O3S2/c1-4-10(2)15(18(25)26-3)21-13(24)9-27-19-22-16(20)14-11-7-5-6-8-12(11)28-17(14)23-19/h10,15H,4-9H2,1-3H3,(H,21,24)(H2,20,22,23)/t10-,15+/m1/s1. The number of esters is 1. The minimum Gasteiger partial charge on any atom is -0.467 e. The number of aromatic nitrogens is 2. The average molecular weight is 423 g/mol. The van der Waals surface area contributed by atoms with Crippen LogP contribution in [0.2, 0.25) is 0 Å². The lowest BCUT2D eigenvalue weighted by molar-refractivity contribution is -0.146. The van der Waals surface area contributed by atoms with Crippen LogP contribution < -0.4 is 11.1 Å². The first-order chi connectivity index (χ1) is 13.4. The highest BCUT2D eigenvalue weighted by Crippen LogP contribution is 2.38. The van der Waals surface area contributed by atoms with Crippen LogP contribution in [-0.2, 0) is 27.2 Å². The molecule has 1 amide bonds. The minimum atomic E-state index is -0.652. The SMILES string of the molecule is CC[C@@H](C)[C@H](NC(=O)CSc1nc(N)c2c3c(sc2n1)CCCC3)C(=O)OC. The van der Waals surface area contributed by atoms with E-state index in [0.717, 1.165) is 29.5 Å². The van der Waals surface area contributed by atoms with Crippen LogP contribution in [0, 0.1) is 5.92 Å². The van der Waals surface area contributed by atoms with Crippen molar-refractivity contribution in [2.75, 3.05) is 18.6 Å². The normalized spacial score (nSPS) is 15.7. The van der Waals surface area contributed by atoms with Gasteiger partial charge in [-0.2, -0.15) is 0 Å². The number of carbonyl (C=O) groups excluding carboxylic acids is 2. The van der Waals surface area contributed by atoms with Crippen LogP contribution in [0.1, 0.15) is 43.6 Å². The zero-order valence-electron chi connectivity index (χ0n) is 16.4. The van der Waals surface area contributed by atoms with Gasteiger partial charge in [-0.15, -0.1) is 11.3 Å². The molecule has 3 rings (SSSR count). The van der Waals surface area contributed by atoms with Crippen molar-refractivity contribution in [2.45, 2.75) is 57.1 Å². The van der Waals surface area contributed by atoms with Crippen molar-refractivity contribution >= 4 is 51.0 Å². The van der Waals surface area contributed by atoms with Crippen molar-refractivity contribution in [3.63, 3.8) is 0 Å². The van der Waals surface area contributed by atoms with Gasteiger partial charge < -0.3 is 15.8 Å². The average Bonchev–Trinajstić information content (AvgIpc) is 3.08. The zero-order chi connectivity index (χ0) is 20.3. The second-order valence-electron chi connectivity index (χ2n) is 7.03. The van der Waals surface area contributed by atoms with Crippen molar-refractivity contribution in [3.05, 3.63) is 10.4 Å². The number of thioether (sulfide) groups is 1. The first-order valence-electron chi connectivity index (χ1n) is 9.52. The van der Waals surface area contributed by atoms with E-state index in [0.29, 0.717) is 11.0 Å². The summed E-state index contributed by atoms with van der Waals surface area (Å²) >= 11 is 2.90. The number of hydrogen-bond donors (Lipinski definition) is 2. The van der Waals surface area contributed by atoms with Crippen LogP contribution in [0.4, 0.5) is 5.82 Å². The number of anilines is 1. The van der Waals surface area contributed by atoms with Gasteiger partial charge in [-0.25, -0.2) is 14.8 Å². The molecule has 0 unspecified atom stereocenters. The molecule has 0 saturated carbocycles. The fourth-order valence-electron chi connectivity index (χ4n) is 3.37. The van der Waals surface area contributed by atoms with Crippen molar-refractivity contribution in [1.82, 2.24) is 15.3 Å². The summed E-state index contributed by atoms with van der Waals surface area (Å²) in [7, 11) is 1.32. The molecular formula is C19H26N4O3S2. The third-order valence-electron chi connectivity index (χ3n) is 5.14. The molecule has 0 radical (unpaired) electrons. The van der Waals surface area contributed by atoms with Crippen LogP contribution in [-0.4, -0.2) is 40.7 Å². The van der Waals surface area contributed by atoms with E-state index in [9.17, 15) is 9.59 Å². The van der Waals surface area contributed by atoms with Gasteiger partial charge >= 0.3 is 5.97 Å². The van der Waals surface area contributed by atoms with E-state index in [1.807, 2.05) is 13.8 Å². The second kappa shape index (κ2) is 9.09. The van der Waals surface area contributed by atoms with Crippen LogP contribution in [0.3, 0.4) is 0 Å². The van der Waals surface area contributed by atoms with E-state index >= 15 is 0 Å². The molecule has 0 aromatic carbocycles. The van der Waals surface area contributed by atoms with E-state index in [-0.39, 0.29) is 17.6 Å². The van der Waals surface area contributed by atoms with E-state index < -0.39 is 12.0 Å². The van der Waals surface area contributed by atoms with Gasteiger partial charge in [0, 0.05) is 4.88 Å². The molecule has 2 heterocycles. The van der Waals surface area contributed by atoms with Crippen molar-refractivity contribution in [2.24, 2.45) is 5.92 Å². The topological polar surface area (TPSA) is 107 Å². The molecule has 152 valence electrons. The number of nitrogens with zero attached hydrogens (tertiary/aromatic N) is 2. The summed E-state index contributed by atoms with van der Waals surface area (Å²) in [6.07, 6.45) is 5.24. The number of ether oxygens (including phenoxy) is 1. The quantitative estimate of drug-likeness (QED) is 0.401. The Labute approximate surface area is 172 Å². The largest absolute Gasteiger partial charge is 0.467 e. The van der Waals surface area contributed by atoms with Gasteiger partial charge in [0.15, 0.2) is 5.16 Å². The Morgan fingerprint density at radius 2 is 2.07 bits per heavy atom. The number of hydrogen-bond acceptors (Lipinski definition) is 8. The third kappa shape index (κ3) is 4.41. The molecule has 28 heavy (non-hydrogen) atoms. The first kappa shape index (κ1) is 20.9. The predicted octanol–water partition coefficient (Wildman–Crippen LogP) is 2.95. The zero-order valence-corrected chi connectivity index (χ0v) is 18.0. The maximum Gasteiger partial charge on any atom is 0.328 e. The highest BCUT2D eigenvalue weighted by molar-refractivity contribution is 7.99. The fourth-order valence-corrected chi connectivity index (χ4v) is 5.36. The number of fused-ring (bicyclic) bond motifs is 3. The monoisotopic (exact) mass is 422 g/mol. The molecule has 1 aliphatic carbocycles. The van der Waals surface area contributed by atoms with Gasteiger partial charge in [0.1, 0.15) is 16.7 Å². The van der Waals surface area contributed by atoms with Crippen LogP contribution in [0.25, 0.3) is 10.2 Å². The lowest BCUT2D eigenvalue weighted by Crippen LogP contribution is -2.46. The summed E-state index contributed by atoms with van der Waals surface area (Å²) in [5.41, 5.74) is 7.51. The first-order valence-corrected chi connectivity index (χ1v) is 11.3. The number of carbonyl (C=O) groups is 2. The smallest absolute Gasteiger partial charge is 0.328 e. The number of nitrogen functional groups attached to an aromatic ring is 1. The van der Waals surface area contributed by atoms with Crippen molar-refractivity contribution < 1.29 is 14.3 Å². The Bertz CT molecular complexity index is 884. The summed E-state index contributed by atoms with van der Waals surface area (Å²) < 4.78 is 4.80. The predicted molar refractivity (Wildman–Crippen MR) is 113 cm³/mol.